The summed E-state index contributed by atoms with van der Waals surface area (Å²) in [6.07, 6.45) is 4.97. The van der Waals surface area contributed by atoms with Crippen LogP contribution < -0.4 is 5.32 Å². The largest absolute Gasteiger partial charge is 0.360 e. The molecule has 0 unspecified atom stereocenters. The van der Waals surface area contributed by atoms with Gasteiger partial charge in [0.05, 0.1) is 0 Å². The minimum absolute atomic E-state index is 0.0334. The molecule has 1 aromatic carbocycles. The second-order valence-corrected chi connectivity index (χ2v) is 5.88. The van der Waals surface area contributed by atoms with E-state index in [1.54, 1.807) is 0 Å². The van der Waals surface area contributed by atoms with Gasteiger partial charge in [-0.1, -0.05) is 12.1 Å². The molecule has 0 spiro atoms. The van der Waals surface area contributed by atoms with Gasteiger partial charge in [0.15, 0.2) is 5.82 Å². The first kappa shape index (κ1) is 16.4. The summed E-state index contributed by atoms with van der Waals surface area (Å²) >= 11 is 0. The summed E-state index contributed by atoms with van der Waals surface area (Å²) in [5.74, 6) is -1.97. The third-order valence-electron chi connectivity index (χ3n) is 4.26. The zero-order chi connectivity index (χ0) is 17.2. The normalized spacial score (nSPS) is 15.1. The second-order valence-electron chi connectivity index (χ2n) is 5.88. The fourth-order valence-electron chi connectivity index (χ4n) is 2.86. The number of nitrogens with one attached hydrogen (secondary N) is 2. The topological polar surface area (TPSA) is 111 Å². The minimum Gasteiger partial charge on any atom is -0.360 e. The van der Waals surface area contributed by atoms with Crippen LogP contribution >= 0.6 is 0 Å². The molecule has 0 saturated carbocycles. The van der Waals surface area contributed by atoms with Gasteiger partial charge < -0.3 is 15.5 Å². The third-order valence-corrected chi connectivity index (χ3v) is 4.26. The van der Waals surface area contributed by atoms with Crippen LogP contribution in [0.1, 0.15) is 43.1 Å². The van der Waals surface area contributed by atoms with Crippen molar-refractivity contribution in [2.24, 2.45) is 0 Å². The zero-order valence-corrected chi connectivity index (χ0v) is 13.4. The first-order chi connectivity index (χ1) is 11.5. The molecule has 1 aliphatic rings. The Hall–Kier alpha value is -2.51. The van der Waals surface area contributed by atoms with E-state index in [-0.39, 0.29) is 18.2 Å². The maximum Gasteiger partial charge on any atom is 0.225 e. The van der Waals surface area contributed by atoms with Crippen LogP contribution in [-0.2, 0) is 17.0 Å². The predicted molar refractivity (Wildman–Crippen MR) is 88.8 cm³/mol. The molecule has 1 amide bonds. The number of carbonyl (C=O) groups excluding carboxylic acids is 1. The fourth-order valence-corrected chi connectivity index (χ4v) is 2.86. The van der Waals surface area contributed by atoms with Gasteiger partial charge in [0.1, 0.15) is 6.33 Å². The Labute approximate surface area is 139 Å². The first-order valence-electron chi connectivity index (χ1n) is 7.88. The highest BCUT2D eigenvalue weighted by molar-refractivity contribution is 5.94. The number of carbonyl (C=O) groups is 1. The molecule has 0 aliphatic carbocycles. The molecule has 7 nitrogen and oxygen atoms in total. The Morgan fingerprint density at radius 1 is 1.38 bits per heavy atom. The molecule has 126 valence electrons. The van der Waals surface area contributed by atoms with Crippen molar-refractivity contribution < 1.29 is 15.0 Å². The van der Waals surface area contributed by atoms with Gasteiger partial charge >= 0.3 is 0 Å². The molecular weight excluding hydrogens is 308 g/mol. The molecule has 1 aliphatic heterocycles. The summed E-state index contributed by atoms with van der Waals surface area (Å²) in [5, 5.41) is 29.3. The Morgan fingerprint density at radius 2 is 2.21 bits per heavy atom. The summed E-state index contributed by atoms with van der Waals surface area (Å²) in [7, 11) is 0. The van der Waals surface area contributed by atoms with Crippen LogP contribution in [0.5, 0.6) is 0 Å². The quantitative estimate of drug-likeness (QED) is 0.624. The van der Waals surface area contributed by atoms with Crippen LogP contribution in [0.2, 0.25) is 0 Å². The van der Waals surface area contributed by atoms with Gasteiger partial charge in [0, 0.05) is 18.5 Å². The monoisotopic (exact) mass is 328 g/mol. The molecular formula is C17H20N4O3. The summed E-state index contributed by atoms with van der Waals surface area (Å²) < 4.78 is 0. The number of nitrogens with zero attached hydrogens (tertiary/aromatic N) is 2. The summed E-state index contributed by atoms with van der Waals surface area (Å²) in [5.41, 5.74) is 3.97. The summed E-state index contributed by atoms with van der Waals surface area (Å²) in [4.78, 5) is 15.2. The first-order valence-corrected chi connectivity index (χ1v) is 7.88. The van der Waals surface area contributed by atoms with Crippen LogP contribution in [-0.4, -0.2) is 31.3 Å². The number of hydrogen-bond donors (Lipinski definition) is 4. The van der Waals surface area contributed by atoms with Crippen molar-refractivity contribution >= 4 is 17.2 Å². The number of allylic oxidation sites excluding steroid dienone is 2. The molecule has 2 heterocycles. The maximum absolute atomic E-state index is 11.4. The number of aromatic amines is 1. The molecule has 1 aromatic heterocycles. The third kappa shape index (κ3) is 3.37. The number of aliphatic hydroxyl groups is 2. The van der Waals surface area contributed by atoms with E-state index in [0.29, 0.717) is 19.3 Å². The van der Waals surface area contributed by atoms with E-state index in [4.69, 9.17) is 0 Å². The highest BCUT2D eigenvalue weighted by Gasteiger charge is 2.29. The van der Waals surface area contributed by atoms with Gasteiger partial charge in [-0.05, 0) is 48.6 Å². The molecule has 24 heavy (non-hydrogen) atoms. The molecule has 4 N–H and O–H groups in total. The van der Waals surface area contributed by atoms with Crippen LogP contribution in [0.25, 0.3) is 5.57 Å². The van der Waals surface area contributed by atoms with E-state index in [9.17, 15) is 15.0 Å². The van der Waals surface area contributed by atoms with Crippen LogP contribution in [0.15, 0.2) is 30.6 Å². The minimum atomic E-state index is -2.05. The van der Waals surface area contributed by atoms with Crippen LogP contribution in [0.3, 0.4) is 0 Å². The van der Waals surface area contributed by atoms with Gasteiger partial charge in [-0.25, -0.2) is 4.98 Å². The van der Waals surface area contributed by atoms with Gasteiger partial charge in [-0.15, -0.1) is 0 Å². The number of benzene rings is 1. The highest BCUT2D eigenvalue weighted by Crippen LogP contribution is 2.31. The lowest BCUT2D eigenvalue weighted by Gasteiger charge is -2.21. The summed E-state index contributed by atoms with van der Waals surface area (Å²) in [6.45, 7) is 1.92. The van der Waals surface area contributed by atoms with Crippen molar-refractivity contribution in [2.75, 3.05) is 5.32 Å². The van der Waals surface area contributed by atoms with E-state index < -0.39 is 5.79 Å². The van der Waals surface area contributed by atoms with Gasteiger partial charge in [0.2, 0.25) is 11.7 Å². The zero-order valence-electron chi connectivity index (χ0n) is 13.4. The number of rotatable bonds is 5. The van der Waals surface area contributed by atoms with E-state index in [0.717, 1.165) is 22.4 Å². The number of fused-ring (bicyclic) bond motifs is 1. The second kappa shape index (κ2) is 6.54. The number of H-pyrrole nitrogens is 1. The lowest BCUT2D eigenvalue weighted by atomic mass is 9.93. The Bertz CT molecular complexity index is 766. The predicted octanol–water partition coefficient (Wildman–Crippen LogP) is 1.71. The molecule has 2 aromatic rings. The van der Waals surface area contributed by atoms with E-state index in [1.165, 1.54) is 6.33 Å². The van der Waals surface area contributed by atoms with Crippen LogP contribution in [0.4, 0.5) is 5.69 Å². The standard InChI is InChI=1S/C17H20N4O3/c1-2-11(7-8-17(23,24)16-18-10-19-21-16)12-3-5-14-13(9-12)4-6-15(22)20-14/h2-3,5,9-10,23-24H,4,6-8H2,1H3,(H,20,22)(H,18,19,21). The molecule has 0 bridgehead atoms. The smallest absolute Gasteiger partial charge is 0.225 e. The molecule has 0 atom stereocenters. The van der Waals surface area contributed by atoms with Gasteiger partial charge in [0.25, 0.3) is 0 Å². The van der Waals surface area contributed by atoms with E-state index in [1.807, 2.05) is 25.1 Å². The number of anilines is 1. The summed E-state index contributed by atoms with van der Waals surface area (Å²) in [6, 6.07) is 5.88. The highest BCUT2D eigenvalue weighted by atomic mass is 16.5. The van der Waals surface area contributed by atoms with Crippen molar-refractivity contribution in [3.63, 3.8) is 0 Å². The fraction of sp³-hybridized carbons (Fsp3) is 0.353. The maximum atomic E-state index is 11.4. The average Bonchev–Trinajstić information content (AvgIpc) is 3.11. The van der Waals surface area contributed by atoms with E-state index in [2.05, 4.69) is 26.6 Å². The molecule has 3 rings (SSSR count). The number of amides is 1. The van der Waals surface area contributed by atoms with Crippen molar-refractivity contribution in [3.05, 3.63) is 47.6 Å². The number of aryl methyl sites for hydroxylation is 1. The van der Waals surface area contributed by atoms with Crippen molar-refractivity contribution in [1.29, 1.82) is 0 Å². The Balaban J connectivity index is 1.74. The van der Waals surface area contributed by atoms with Gasteiger partial charge in [-0.2, -0.15) is 5.10 Å². The molecule has 0 saturated heterocycles. The van der Waals surface area contributed by atoms with Crippen molar-refractivity contribution in [1.82, 2.24) is 15.2 Å². The van der Waals surface area contributed by atoms with Crippen molar-refractivity contribution in [3.8, 4) is 0 Å². The molecule has 0 radical (unpaired) electrons. The molecule has 7 heteroatoms. The van der Waals surface area contributed by atoms with E-state index >= 15 is 0 Å². The van der Waals surface area contributed by atoms with Crippen molar-refractivity contribution in [2.45, 2.75) is 38.4 Å². The SMILES string of the molecule is CC=C(CCC(O)(O)c1ncn[nH]1)c1ccc2c(c1)CCC(=O)N2. The number of aromatic nitrogens is 3. The number of hydrogen-bond acceptors (Lipinski definition) is 5. The van der Waals surface area contributed by atoms with Crippen LogP contribution in [0, 0.1) is 0 Å². The lowest BCUT2D eigenvalue weighted by molar-refractivity contribution is -0.179. The Morgan fingerprint density at radius 3 is 2.92 bits per heavy atom. The lowest BCUT2D eigenvalue weighted by Crippen LogP contribution is -2.26. The Kier molecular flexibility index (Phi) is 4.46. The average molecular weight is 328 g/mol. The van der Waals surface area contributed by atoms with Gasteiger partial charge in [-0.3, -0.25) is 9.89 Å². The molecule has 0 fully saturated rings.